The van der Waals surface area contributed by atoms with E-state index in [0.29, 0.717) is 0 Å². The smallest absolute Gasteiger partial charge is 0.0592 e. The van der Waals surface area contributed by atoms with Crippen LogP contribution in [0.5, 0.6) is 0 Å². The molecule has 1 aliphatic rings. The molecule has 0 aliphatic heterocycles. The van der Waals surface area contributed by atoms with Crippen molar-refractivity contribution in [1.82, 2.24) is 0 Å². The molecule has 0 spiro atoms. The van der Waals surface area contributed by atoms with Crippen LogP contribution in [0.15, 0.2) is 303 Å². The van der Waals surface area contributed by atoms with E-state index in [1.807, 2.05) is 34.0 Å². The van der Waals surface area contributed by atoms with E-state index in [1.54, 1.807) is 0 Å². The molecule has 0 fully saturated rings. The van der Waals surface area contributed by atoms with Crippen molar-refractivity contribution < 1.29 is 0 Å². The number of hydrogen-bond donors (Lipinski definition) is 0. The van der Waals surface area contributed by atoms with Gasteiger partial charge in [0.2, 0.25) is 0 Å². The van der Waals surface area contributed by atoms with Crippen LogP contribution in [0.2, 0.25) is 0 Å². The second kappa shape index (κ2) is 23.8. The number of hydrogen-bond acceptors (Lipinski definition) is 6. The third kappa shape index (κ3) is 10.3. The largest absolute Gasteiger partial charge is 0.343 e. The van der Waals surface area contributed by atoms with Gasteiger partial charge in [-0.05, 0) is 123 Å². The van der Waals surface area contributed by atoms with E-state index in [-0.39, 0.29) is 5.41 Å². The first-order chi connectivity index (χ1) is 44.2. The van der Waals surface area contributed by atoms with Crippen molar-refractivity contribution in [2.24, 2.45) is 0 Å². The van der Waals surface area contributed by atoms with Crippen LogP contribution in [0.3, 0.4) is 0 Å². The predicted octanol–water partition coefficient (Wildman–Crippen LogP) is 24.8. The molecule has 13 aromatic carbocycles. The zero-order valence-corrected chi connectivity index (χ0v) is 53.4. The first-order valence-electron chi connectivity index (χ1n) is 30.7. The van der Waals surface area contributed by atoms with Gasteiger partial charge >= 0.3 is 0 Å². The lowest BCUT2D eigenvalue weighted by molar-refractivity contribution is 0.660. The minimum atomic E-state index is 0.0202. The standard InChI is InChI=1S/C31H23NS.C28H23NS.C25H19NS/c1-32(29-17-10-16-26-25-15-8-9-18-30(25)33-31(26)29)28-20-19-24(22-11-4-2-5-12-22)21-27(28)23-13-6-3-7-14-23;1-28(2)23-12-6-4-9-19(23)20-16-15-18(17-24(20)28)29(3)25-13-8-11-22-21-10-5-7-14-26(21)30-27(22)25;1-26(20-12-7-11-19(17-20)18-9-3-2-4-10-18)23-15-8-14-22-21-13-5-6-16-24(21)27-25(22)23/h2-21H,1H3;4-17H,1-3H3;2-17H,1H3. The summed E-state index contributed by atoms with van der Waals surface area (Å²) < 4.78 is 8.03. The molecule has 3 aromatic heterocycles. The summed E-state index contributed by atoms with van der Waals surface area (Å²) in [5.74, 6) is 0. The van der Waals surface area contributed by atoms with Gasteiger partial charge in [0.25, 0.3) is 0 Å². The number of fused-ring (bicyclic) bond motifs is 12. The fraction of sp³-hybridized carbons (Fsp3) is 0.0714. The molecule has 0 unspecified atom stereocenters. The molecule has 3 nitrogen and oxygen atoms in total. The number of thiophene rings is 3. The molecule has 434 valence electrons. The van der Waals surface area contributed by atoms with Gasteiger partial charge in [-0.25, -0.2) is 0 Å². The highest BCUT2D eigenvalue weighted by Crippen LogP contribution is 2.51. The van der Waals surface area contributed by atoms with E-state index in [4.69, 9.17) is 0 Å². The van der Waals surface area contributed by atoms with E-state index in [0.717, 1.165) is 0 Å². The number of nitrogens with zero attached hydrogens (tertiary/aromatic N) is 3. The van der Waals surface area contributed by atoms with Crippen LogP contribution < -0.4 is 14.7 Å². The van der Waals surface area contributed by atoms with Crippen molar-refractivity contribution in [2.45, 2.75) is 19.3 Å². The molecule has 0 atom stereocenters. The molecule has 16 aromatic rings. The minimum absolute atomic E-state index is 0.0202. The molecule has 0 saturated heterocycles. The molecule has 0 radical (unpaired) electrons. The predicted molar refractivity (Wildman–Crippen MR) is 395 cm³/mol. The maximum absolute atomic E-state index is 2.39. The van der Waals surface area contributed by atoms with Crippen LogP contribution in [0.25, 0.3) is 105 Å². The maximum atomic E-state index is 2.39. The number of rotatable bonds is 9. The Morgan fingerprint density at radius 2 is 0.633 bits per heavy atom. The summed E-state index contributed by atoms with van der Waals surface area (Å²) >= 11 is 5.63. The van der Waals surface area contributed by atoms with Crippen molar-refractivity contribution in [3.8, 4) is 44.5 Å². The Kier molecular flexibility index (Phi) is 14.9. The Labute approximate surface area is 538 Å². The summed E-state index contributed by atoms with van der Waals surface area (Å²) in [7, 11) is 6.53. The molecular weight excluding hydrogens is 1150 g/mol. The monoisotopic (exact) mass is 1210 g/mol. The Morgan fingerprint density at radius 1 is 0.244 bits per heavy atom. The van der Waals surface area contributed by atoms with E-state index in [1.165, 1.54) is 150 Å². The Hall–Kier alpha value is -10.1. The Bertz CT molecular complexity index is 5290. The molecule has 90 heavy (non-hydrogen) atoms. The lowest BCUT2D eigenvalue weighted by atomic mass is 9.82. The van der Waals surface area contributed by atoms with Gasteiger partial charge in [0.1, 0.15) is 0 Å². The normalized spacial score (nSPS) is 12.1. The molecule has 0 bridgehead atoms. The summed E-state index contributed by atoms with van der Waals surface area (Å²) in [5, 5.41) is 8.01. The number of benzene rings is 13. The average molecular weight is 1210 g/mol. The molecule has 6 heteroatoms. The van der Waals surface area contributed by atoms with Crippen molar-refractivity contribution in [3.05, 3.63) is 314 Å². The molecule has 1 aliphatic carbocycles. The molecule has 17 rings (SSSR count). The second-order valence-corrected chi connectivity index (χ2v) is 26.9. The van der Waals surface area contributed by atoms with Gasteiger partial charge in [-0.15, -0.1) is 34.0 Å². The quantitative estimate of drug-likeness (QED) is 0.143. The maximum Gasteiger partial charge on any atom is 0.0592 e. The lowest BCUT2D eigenvalue weighted by Crippen LogP contribution is -2.16. The van der Waals surface area contributed by atoms with Crippen LogP contribution in [0, 0.1) is 0 Å². The molecule has 0 amide bonds. The van der Waals surface area contributed by atoms with Gasteiger partial charge in [0, 0.05) is 95.6 Å². The third-order valence-corrected chi connectivity index (χ3v) is 21.7. The van der Waals surface area contributed by atoms with E-state index in [9.17, 15) is 0 Å². The van der Waals surface area contributed by atoms with Crippen LogP contribution in [-0.4, -0.2) is 21.1 Å². The van der Waals surface area contributed by atoms with Crippen molar-refractivity contribution in [3.63, 3.8) is 0 Å². The second-order valence-electron chi connectivity index (χ2n) is 23.7. The van der Waals surface area contributed by atoms with Crippen LogP contribution in [-0.2, 0) is 5.41 Å². The first-order valence-corrected chi connectivity index (χ1v) is 33.2. The van der Waals surface area contributed by atoms with Crippen molar-refractivity contribution >= 4 is 129 Å². The zero-order chi connectivity index (χ0) is 60.9. The summed E-state index contributed by atoms with van der Waals surface area (Å²) in [5.41, 5.74) is 20.4. The number of anilines is 6. The molecule has 0 saturated carbocycles. The molecule has 3 heterocycles. The van der Waals surface area contributed by atoms with Gasteiger partial charge in [-0.1, -0.05) is 244 Å². The highest BCUT2D eigenvalue weighted by molar-refractivity contribution is 7.27. The summed E-state index contributed by atoms with van der Waals surface area (Å²) in [4.78, 5) is 6.98. The van der Waals surface area contributed by atoms with Gasteiger partial charge in [-0.3, -0.25) is 0 Å². The van der Waals surface area contributed by atoms with Crippen molar-refractivity contribution in [1.29, 1.82) is 0 Å². The molecular formula is C84H65N3S3. The highest BCUT2D eigenvalue weighted by atomic mass is 32.1. The van der Waals surface area contributed by atoms with Crippen LogP contribution >= 0.6 is 34.0 Å². The summed E-state index contributed by atoms with van der Waals surface area (Å²) in [6.45, 7) is 4.68. The molecule has 0 N–H and O–H groups in total. The fourth-order valence-electron chi connectivity index (χ4n) is 13.3. The summed E-state index contributed by atoms with van der Waals surface area (Å²) in [6, 6.07) is 109. The van der Waals surface area contributed by atoms with Gasteiger partial charge in [-0.2, -0.15) is 0 Å². The van der Waals surface area contributed by atoms with Gasteiger partial charge in [0.05, 0.1) is 31.2 Å². The fourth-order valence-corrected chi connectivity index (χ4v) is 17.1. The van der Waals surface area contributed by atoms with Crippen LogP contribution in [0.4, 0.5) is 34.1 Å². The average Bonchev–Trinajstić information content (AvgIpc) is 3.52. The van der Waals surface area contributed by atoms with Gasteiger partial charge in [0.15, 0.2) is 0 Å². The lowest BCUT2D eigenvalue weighted by Gasteiger charge is -2.25. The van der Waals surface area contributed by atoms with Crippen molar-refractivity contribution in [2.75, 3.05) is 35.8 Å². The Morgan fingerprint density at radius 3 is 1.16 bits per heavy atom. The zero-order valence-electron chi connectivity index (χ0n) is 50.9. The summed E-state index contributed by atoms with van der Waals surface area (Å²) in [6.07, 6.45) is 0. The van der Waals surface area contributed by atoms with Gasteiger partial charge < -0.3 is 14.7 Å². The SMILES string of the molecule is CN(c1ccc(-c2ccccc2)cc1-c1ccccc1)c1cccc2c1sc1ccccc12.CN(c1ccc2c(c1)C(C)(C)c1ccccc1-2)c1cccc2c1sc1ccccc12.CN(c1cccc(-c2ccccc2)c1)c1cccc2c1sc1ccccc12. The first kappa shape index (κ1) is 56.4. The Balaban J connectivity index is 0.000000113. The van der Waals surface area contributed by atoms with E-state index < -0.39 is 0 Å². The highest BCUT2D eigenvalue weighted by Gasteiger charge is 2.35. The van der Waals surface area contributed by atoms with E-state index in [2.05, 4.69) is 353 Å². The third-order valence-electron chi connectivity index (χ3n) is 18.1. The van der Waals surface area contributed by atoms with E-state index >= 15 is 0 Å². The minimum Gasteiger partial charge on any atom is -0.343 e. The topological polar surface area (TPSA) is 9.72 Å². The van der Waals surface area contributed by atoms with Crippen LogP contribution in [0.1, 0.15) is 25.0 Å².